The summed E-state index contributed by atoms with van der Waals surface area (Å²) in [7, 11) is -3.21. The first-order chi connectivity index (χ1) is 14.8. The quantitative estimate of drug-likeness (QED) is 0.507. The average molecular weight is 466 g/mol. The lowest BCUT2D eigenvalue weighted by Crippen LogP contribution is -2.39. The molecule has 0 bridgehead atoms. The van der Waals surface area contributed by atoms with Gasteiger partial charge in [-0.1, -0.05) is 11.6 Å². The highest BCUT2D eigenvalue weighted by Gasteiger charge is 2.24. The number of nitrogens with zero attached hydrogens (tertiary/aromatic N) is 4. The van der Waals surface area contributed by atoms with E-state index >= 15 is 0 Å². The van der Waals surface area contributed by atoms with Crippen molar-refractivity contribution in [1.29, 1.82) is 0 Å². The second-order valence-corrected chi connectivity index (χ2v) is 9.67. The molecule has 0 spiro atoms. The minimum absolute atomic E-state index is 0.00121. The standard InChI is InChI=1S/C19H21ClFN7O2S/c1-31(29,30)28-12-4-2-11(3-5-12)26-19-22-9-16-17(27-19)18(24-10-23-16)25-13-6-7-15(21)14(20)8-13/h6-12,28H,2-5H2,1H3,(H,22,26,27)(H,23,24,25)/t11-,12-. The summed E-state index contributed by atoms with van der Waals surface area (Å²) < 4.78 is 38.9. The molecule has 12 heteroatoms. The predicted octanol–water partition coefficient (Wildman–Crippen LogP) is 3.23. The van der Waals surface area contributed by atoms with Gasteiger partial charge in [0.05, 0.1) is 17.5 Å². The number of rotatable bonds is 6. The van der Waals surface area contributed by atoms with Crippen LogP contribution in [0.15, 0.2) is 30.7 Å². The molecule has 164 valence electrons. The number of hydrogen-bond donors (Lipinski definition) is 3. The third kappa shape index (κ3) is 5.54. The number of halogens is 2. The number of sulfonamides is 1. The molecule has 1 saturated carbocycles. The lowest BCUT2D eigenvalue weighted by atomic mass is 9.92. The molecule has 1 aromatic carbocycles. The van der Waals surface area contributed by atoms with Crippen LogP contribution >= 0.6 is 11.6 Å². The summed E-state index contributed by atoms with van der Waals surface area (Å²) in [6.07, 6.45) is 7.22. The van der Waals surface area contributed by atoms with Crippen molar-refractivity contribution >= 4 is 50.1 Å². The van der Waals surface area contributed by atoms with Crippen molar-refractivity contribution in [2.24, 2.45) is 0 Å². The summed E-state index contributed by atoms with van der Waals surface area (Å²) in [5.74, 6) is 0.372. The SMILES string of the molecule is CS(=O)(=O)N[C@H]1CC[C@H](Nc2ncc3ncnc(Nc4ccc(F)c(Cl)c4)c3n2)CC1. The summed E-state index contributed by atoms with van der Waals surface area (Å²) in [5, 5.41) is 6.40. The molecule has 1 fully saturated rings. The van der Waals surface area contributed by atoms with Crippen molar-refractivity contribution in [3.63, 3.8) is 0 Å². The molecule has 0 amide bonds. The second kappa shape index (κ2) is 8.85. The summed E-state index contributed by atoms with van der Waals surface area (Å²) in [4.78, 5) is 17.3. The van der Waals surface area contributed by atoms with Gasteiger partial charge in [0.25, 0.3) is 0 Å². The largest absolute Gasteiger partial charge is 0.351 e. The van der Waals surface area contributed by atoms with E-state index in [0.29, 0.717) is 28.5 Å². The van der Waals surface area contributed by atoms with Crippen molar-refractivity contribution in [1.82, 2.24) is 24.7 Å². The zero-order valence-electron chi connectivity index (χ0n) is 16.6. The minimum atomic E-state index is -3.21. The number of benzene rings is 1. The molecule has 4 rings (SSSR count). The third-order valence-corrected chi connectivity index (χ3v) is 6.05. The highest BCUT2D eigenvalue weighted by molar-refractivity contribution is 7.88. The van der Waals surface area contributed by atoms with Gasteiger partial charge in [0.1, 0.15) is 23.2 Å². The Hall–Kier alpha value is -2.63. The van der Waals surface area contributed by atoms with E-state index in [0.717, 1.165) is 25.7 Å². The zero-order chi connectivity index (χ0) is 22.0. The van der Waals surface area contributed by atoms with E-state index in [2.05, 4.69) is 35.3 Å². The molecule has 2 aromatic heterocycles. The van der Waals surface area contributed by atoms with Gasteiger partial charge in [-0.3, -0.25) is 0 Å². The van der Waals surface area contributed by atoms with Crippen molar-refractivity contribution in [3.8, 4) is 0 Å². The lowest BCUT2D eigenvalue weighted by Gasteiger charge is -2.29. The number of nitrogens with one attached hydrogen (secondary N) is 3. The van der Waals surface area contributed by atoms with Gasteiger partial charge in [-0.05, 0) is 43.9 Å². The van der Waals surface area contributed by atoms with Crippen molar-refractivity contribution in [3.05, 3.63) is 41.6 Å². The Balaban J connectivity index is 1.49. The first-order valence-electron chi connectivity index (χ1n) is 9.70. The Morgan fingerprint density at radius 1 is 1.10 bits per heavy atom. The molecule has 1 aliphatic carbocycles. The van der Waals surface area contributed by atoms with Crippen LogP contribution in [-0.2, 0) is 10.0 Å². The molecule has 1 aliphatic rings. The zero-order valence-corrected chi connectivity index (χ0v) is 18.2. The van der Waals surface area contributed by atoms with Gasteiger partial charge < -0.3 is 10.6 Å². The van der Waals surface area contributed by atoms with Gasteiger partial charge in [-0.15, -0.1) is 0 Å². The van der Waals surface area contributed by atoms with E-state index in [1.54, 1.807) is 12.3 Å². The fourth-order valence-corrected chi connectivity index (χ4v) is 4.59. The van der Waals surface area contributed by atoms with E-state index in [4.69, 9.17) is 11.6 Å². The maximum absolute atomic E-state index is 13.4. The molecule has 0 aliphatic heterocycles. The normalized spacial score (nSPS) is 19.3. The fraction of sp³-hybridized carbons (Fsp3) is 0.368. The number of anilines is 3. The van der Waals surface area contributed by atoms with E-state index in [9.17, 15) is 12.8 Å². The third-order valence-electron chi connectivity index (χ3n) is 5.00. The maximum Gasteiger partial charge on any atom is 0.223 e. The summed E-state index contributed by atoms with van der Waals surface area (Å²) in [6, 6.07) is 4.38. The summed E-state index contributed by atoms with van der Waals surface area (Å²) in [6.45, 7) is 0. The summed E-state index contributed by atoms with van der Waals surface area (Å²) >= 11 is 5.86. The van der Waals surface area contributed by atoms with Crippen LogP contribution in [0.25, 0.3) is 11.0 Å². The van der Waals surface area contributed by atoms with Crippen LogP contribution in [-0.4, -0.2) is 46.7 Å². The Bertz CT molecular complexity index is 1200. The van der Waals surface area contributed by atoms with E-state index < -0.39 is 15.8 Å². The van der Waals surface area contributed by atoms with Crippen molar-refractivity contribution in [2.45, 2.75) is 37.8 Å². The number of fused-ring (bicyclic) bond motifs is 1. The molecule has 0 saturated heterocycles. The van der Waals surface area contributed by atoms with E-state index in [-0.39, 0.29) is 17.1 Å². The summed E-state index contributed by atoms with van der Waals surface area (Å²) in [5.41, 5.74) is 1.63. The smallest absolute Gasteiger partial charge is 0.223 e. The molecule has 0 unspecified atom stereocenters. The van der Waals surface area contributed by atoms with Crippen LogP contribution < -0.4 is 15.4 Å². The molecular formula is C19H21ClFN7O2S. The first kappa shape index (κ1) is 21.6. The molecule has 0 radical (unpaired) electrons. The topological polar surface area (TPSA) is 122 Å². The molecular weight excluding hydrogens is 445 g/mol. The molecule has 31 heavy (non-hydrogen) atoms. The van der Waals surface area contributed by atoms with Crippen LogP contribution in [0.4, 0.5) is 21.8 Å². The van der Waals surface area contributed by atoms with Gasteiger partial charge in [0.2, 0.25) is 16.0 Å². The van der Waals surface area contributed by atoms with Crippen LogP contribution in [0, 0.1) is 5.82 Å². The average Bonchev–Trinajstić information content (AvgIpc) is 2.72. The van der Waals surface area contributed by atoms with E-state index in [1.165, 1.54) is 24.7 Å². The number of hydrogen-bond acceptors (Lipinski definition) is 8. The number of aromatic nitrogens is 4. The Kier molecular flexibility index (Phi) is 6.17. The van der Waals surface area contributed by atoms with Gasteiger partial charge >= 0.3 is 0 Å². The second-order valence-electron chi connectivity index (χ2n) is 7.49. The Morgan fingerprint density at radius 3 is 2.55 bits per heavy atom. The van der Waals surface area contributed by atoms with Crippen LogP contribution in [0.2, 0.25) is 5.02 Å². The monoisotopic (exact) mass is 465 g/mol. The highest BCUT2D eigenvalue weighted by Crippen LogP contribution is 2.26. The molecule has 3 N–H and O–H groups in total. The van der Waals surface area contributed by atoms with Gasteiger partial charge in [-0.25, -0.2) is 37.5 Å². The highest BCUT2D eigenvalue weighted by atomic mass is 35.5. The minimum Gasteiger partial charge on any atom is -0.351 e. The Labute approximate surface area is 183 Å². The van der Waals surface area contributed by atoms with Crippen molar-refractivity contribution < 1.29 is 12.8 Å². The predicted molar refractivity (Wildman–Crippen MR) is 117 cm³/mol. The lowest BCUT2D eigenvalue weighted by molar-refractivity contribution is 0.387. The molecule has 9 nitrogen and oxygen atoms in total. The Morgan fingerprint density at radius 2 is 1.84 bits per heavy atom. The van der Waals surface area contributed by atoms with Crippen LogP contribution in [0.3, 0.4) is 0 Å². The van der Waals surface area contributed by atoms with Gasteiger partial charge in [0, 0.05) is 17.8 Å². The maximum atomic E-state index is 13.4. The van der Waals surface area contributed by atoms with E-state index in [1.807, 2.05) is 0 Å². The van der Waals surface area contributed by atoms with Crippen LogP contribution in [0.5, 0.6) is 0 Å². The molecule has 0 atom stereocenters. The molecule has 2 heterocycles. The fourth-order valence-electron chi connectivity index (χ4n) is 3.57. The first-order valence-corrected chi connectivity index (χ1v) is 12.0. The van der Waals surface area contributed by atoms with Crippen LogP contribution in [0.1, 0.15) is 25.7 Å². The van der Waals surface area contributed by atoms with Gasteiger partial charge in [-0.2, -0.15) is 0 Å². The van der Waals surface area contributed by atoms with Crippen molar-refractivity contribution in [2.75, 3.05) is 16.9 Å². The van der Waals surface area contributed by atoms with Gasteiger partial charge in [0.15, 0.2) is 5.82 Å². The molecule has 3 aromatic rings.